The molecular weight excluding hydrogens is 375 g/mol. The highest BCUT2D eigenvalue weighted by atomic mass is 35.5. The second-order valence-electron chi connectivity index (χ2n) is 5.19. The van der Waals surface area contributed by atoms with Gasteiger partial charge in [-0.2, -0.15) is 0 Å². The largest absolute Gasteiger partial charge is 0.497 e. The third-order valence-corrected chi connectivity index (χ3v) is 4.09. The minimum atomic E-state index is -0.444. The Kier molecular flexibility index (Phi) is 5.55. The maximum absolute atomic E-state index is 12.4. The van der Waals surface area contributed by atoms with Gasteiger partial charge in [-0.3, -0.25) is 4.79 Å². The SMILES string of the molecule is COc1ccc(Nc2cc(C(=O)Nc3c(Cl)cccc3Cl)ncn2)cc1. The summed E-state index contributed by atoms with van der Waals surface area (Å²) in [4.78, 5) is 20.6. The third-order valence-electron chi connectivity index (χ3n) is 3.46. The Hall–Kier alpha value is -2.83. The van der Waals surface area contributed by atoms with E-state index in [-0.39, 0.29) is 5.69 Å². The predicted octanol–water partition coefficient (Wildman–Crippen LogP) is 4.79. The average molecular weight is 389 g/mol. The highest BCUT2D eigenvalue weighted by molar-refractivity contribution is 6.40. The number of benzene rings is 2. The molecule has 0 bridgehead atoms. The zero-order chi connectivity index (χ0) is 18.5. The fraction of sp³-hybridized carbons (Fsp3) is 0.0556. The lowest BCUT2D eigenvalue weighted by molar-refractivity contribution is 0.102. The minimum absolute atomic E-state index is 0.173. The van der Waals surface area contributed by atoms with Gasteiger partial charge in [0.1, 0.15) is 23.6 Å². The molecule has 1 aromatic heterocycles. The molecule has 0 atom stereocenters. The van der Waals surface area contributed by atoms with Crippen molar-refractivity contribution >= 4 is 46.3 Å². The van der Waals surface area contributed by atoms with Gasteiger partial charge in [0.2, 0.25) is 0 Å². The van der Waals surface area contributed by atoms with Crippen molar-refractivity contribution in [2.24, 2.45) is 0 Å². The van der Waals surface area contributed by atoms with Crippen molar-refractivity contribution in [2.75, 3.05) is 17.7 Å². The lowest BCUT2D eigenvalue weighted by Gasteiger charge is -2.10. The van der Waals surface area contributed by atoms with Crippen molar-refractivity contribution < 1.29 is 9.53 Å². The van der Waals surface area contributed by atoms with Crippen LogP contribution < -0.4 is 15.4 Å². The first-order chi connectivity index (χ1) is 12.6. The summed E-state index contributed by atoms with van der Waals surface area (Å²) in [5.74, 6) is 0.774. The number of carbonyl (C=O) groups excluding carboxylic acids is 1. The number of rotatable bonds is 5. The lowest BCUT2D eigenvalue weighted by Crippen LogP contribution is -2.15. The summed E-state index contributed by atoms with van der Waals surface area (Å²) >= 11 is 12.1. The molecule has 0 aliphatic rings. The predicted molar refractivity (Wildman–Crippen MR) is 103 cm³/mol. The van der Waals surface area contributed by atoms with Gasteiger partial charge in [-0.05, 0) is 36.4 Å². The van der Waals surface area contributed by atoms with Gasteiger partial charge >= 0.3 is 0 Å². The summed E-state index contributed by atoms with van der Waals surface area (Å²) < 4.78 is 5.12. The average Bonchev–Trinajstić information content (AvgIpc) is 2.65. The molecule has 0 fully saturated rings. The Morgan fingerprint density at radius 3 is 2.38 bits per heavy atom. The molecule has 0 radical (unpaired) electrons. The van der Waals surface area contributed by atoms with Crippen LogP contribution >= 0.6 is 23.2 Å². The number of hydrogen-bond donors (Lipinski definition) is 2. The third kappa shape index (κ3) is 4.22. The van der Waals surface area contributed by atoms with Crippen LogP contribution in [-0.2, 0) is 0 Å². The molecule has 0 saturated carbocycles. The van der Waals surface area contributed by atoms with Gasteiger partial charge in [0.05, 0.1) is 22.8 Å². The van der Waals surface area contributed by atoms with Crippen molar-refractivity contribution in [1.29, 1.82) is 0 Å². The molecule has 0 unspecified atom stereocenters. The summed E-state index contributed by atoms with van der Waals surface area (Å²) in [7, 11) is 1.60. The van der Waals surface area contributed by atoms with Crippen LogP contribution in [-0.4, -0.2) is 23.0 Å². The quantitative estimate of drug-likeness (QED) is 0.656. The summed E-state index contributed by atoms with van der Waals surface area (Å²) in [6.07, 6.45) is 1.30. The number of amides is 1. The normalized spacial score (nSPS) is 10.3. The van der Waals surface area contributed by atoms with Gasteiger partial charge in [-0.15, -0.1) is 0 Å². The van der Waals surface area contributed by atoms with Crippen LogP contribution in [0.15, 0.2) is 54.9 Å². The van der Waals surface area contributed by atoms with E-state index in [4.69, 9.17) is 27.9 Å². The van der Waals surface area contributed by atoms with Gasteiger partial charge in [0.15, 0.2) is 0 Å². The Labute approximate surface area is 160 Å². The second-order valence-corrected chi connectivity index (χ2v) is 6.01. The van der Waals surface area contributed by atoms with Gasteiger partial charge in [0, 0.05) is 11.8 Å². The van der Waals surface area contributed by atoms with Crippen molar-refractivity contribution in [3.8, 4) is 5.75 Å². The molecule has 0 aliphatic carbocycles. The van der Waals surface area contributed by atoms with E-state index in [1.807, 2.05) is 24.3 Å². The van der Waals surface area contributed by atoms with Crippen LogP contribution in [0.5, 0.6) is 5.75 Å². The maximum atomic E-state index is 12.4. The molecule has 1 heterocycles. The molecule has 6 nitrogen and oxygen atoms in total. The Balaban J connectivity index is 1.76. The van der Waals surface area contributed by atoms with Gasteiger partial charge in [-0.1, -0.05) is 29.3 Å². The Morgan fingerprint density at radius 2 is 1.73 bits per heavy atom. The van der Waals surface area contributed by atoms with E-state index in [0.29, 0.717) is 21.6 Å². The molecule has 132 valence electrons. The molecule has 0 spiro atoms. The highest BCUT2D eigenvalue weighted by Crippen LogP contribution is 2.30. The summed E-state index contributed by atoms with van der Waals surface area (Å²) in [5, 5.41) is 6.45. The Morgan fingerprint density at radius 1 is 1.04 bits per heavy atom. The lowest BCUT2D eigenvalue weighted by atomic mass is 10.3. The van der Waals surface area contributed by atoms with E-state index in [1.54, 1.807) is 25.3 Å². The first-order valence-corrected chi connectivity index (χ1v) is 8.31. The van der Waals surface area contributed by atoms with Crippen molar-refractivity contribution in [2.45, 2.75) is 0 Å². The first kappa shape index (κ1) is 18.0. The van der Waals surface area contributed by atoms with Crippen LogP contribution in [0.4, 0.5) is 17.2 Å². The first-order valence-electron chi connectivity index (χ1n) is 7.55. The number of para-hydroxylation sites is 1. The van der Waals surface area contributed by atoms with E-state index in [9.17, 15) is 4.79 Å². The summed E-state index contributed by atoms with van der Waals surface area (Å²) in [6, 6.07) is 13.8. The molecule has 26 heavy (non-hydrogen) atoms. The van der Waals surface area contributed by atoms with Crippen LogP contribution in [0, 0.1) is 0 Å². The van der Waals surface area contributed by atoms with E-state index in [2.05, 4.69) is 20.6 Å². The topological polar surface area (TPSA) is 76.1 Å². The number of nitrogens with zero attached hydrogens (tertiary/aromatic N) is 2. The number of carbonyl (C=O) groups is 1. The van der Waals surface area contributed by atoms with Crippen molar-refractivity contribution in [3.05, 3.63) is 70.6 Å². The van der Waals surface area contributed by atoms with Crippen LogP contribution in [0.2, 0.25) is 10.0 Å². The standard InChI is InChI=1S/C18H14Cl2N4O2/c1-26-12-7-5-11(6-8-12)23-16-9-15(21-10-22-16)18(25)24-17-13(19)3-2-4-14(17)20/h2-10H,1H3,(H,24,25)(H,21,22,23). The minimum Gasteiger partial charge on any atom is -0.497 e. The van der Waals surface area contributed by atoms with Crippen molar-refractivity contribution in [1.82, 2.24) is 9.97 Å². The molecule has 3 aromatic rings. The van der Waals surface area contributed by atoms with Crippen LogP contribution in [0.3, 0.4) is 0 Å². The molecule has 1 amide bonds. The smallest absolute Gasteiger partial charge is 0.274 e. The molecule has 8 heteroatoms. The Bertz CT molecular complexity index is 912. The molecular formula is C18H14Cl2N4O2. The van der Waals surface area contributed by atoms with Gasteiger partial charge in [-0.25, -0.2) is 9.97 Å². The van der Waals surface area contributed by atoms with Crippen molar-refractivity contribution in [3.63, 3.8) is 0 Å². The number of halogens is 2. The molecule has 3 rings (SSSR count). The van der Waals surface area contributed by atoms with E-state index >= 15 is 0 Å². The van der Waals surface area contributed by atoms with Crippen LogP contribution in [0.1, 0.15) is 10.5 Å². The van der Waals surface area contributed by atoms with E-state index in [1.165, 1.54) is 12.4 Å². The van der Waals surface area contributed by atoms with E-state index < -0.39 is 5.91 Å². The fourth-order valence-corrected chi connectivity index (χ4v) is 2.66. The summed E-state index contributed by atoms with van der Waals surface area (Å²) in [6.45, 7) is 0. The number of hydrogen-bond acceptors (Lipinski definition) is 5. The van der Waals surface area contributed by atoms with Gasteiger partial charge < -0.3 is 15.4 Å². The fourth-order valence-electron chi connectivity index (χ4n) is 2.17. The zero-order valence-electron chi connectivity index (χ0n) is 13.7. The van der Waals surface area contributed by atoms with Gasteiger partial charge in [0.25, 0.3) is 5.91 Å². The zero-order valence-corrected chi connectivity index (χ0v) is 15.2. The second kappa shape index (κ2) is 8.03. The number of anilines is 3. The molecule has 0 aliphatic heterocycles. The molecule has 2 N–H and O–H groups in total. The summed E-state index contributed by atoms with van der Waals surface area (Å²) in [5.41, 5.74) is 1.31. The van der Waals surface area contributed by atoms with Crippen LogP contribution in [0.25, 0.3) is 0 Å². The molecule has 0 saturated heterocycles. The number of methoxy groups -OCH3 is 1. The maximum Gasteiger partial charge on any atom is 0.274 e. The highest BCUT2D eigenvalue weighted by Gasteiger charge is 2.13. The molecule has 2 aromatic carbocycles. The number of ether oxygens (including phenoxy) is 1. The number of aromatic nitrogens is 2. The monoisotopic (exact) mass is 388 g/mol. The van der Waals surface area contributed by atoms with E-state index in [0.717, 1.165) is 11.4 Å². The number of nitrogens with one attached hydrogen (secondary N) is 2.